The van der Waals surface area contributed by atoms with Gasteiger partial charge in [-0.1, -0.05) is 61.5 Å². The first-order chi connectivity index (χ1) is 13.1. The molecule has 134 valence electrons. The van der Waals surface area contributed by atoms with Gasteiger partial charge < -0.3 is 10.5 Å². The molecule has 2 N–H and O–H groups in total. The second kappa shape index (κ2) is 6.77. The zero-order chi connectivity index (χ0) is 19.0. The smallest absolute Gasteiger partial charge is 0.205 e. The number of nitrogens with two attached hydrogens (primary N) is 1. The van der Waals surface area contributed by atoms with Crippen molar-refractivity contribution >= 4 is 5.78 Å². The Morgan fingerprint density at radius 3 is 2.37 bits per heavy atom. The SMILES string of the molecule is C[C@@H]1CC(=O)C2=C(C1)OC(N)=C(C#N)[C@@H]2c1ccc(-c2ccccc2)cc1. The molecule has 4 heteroatoms. The average Bonchev–Trinajstić information content (AvgIpc) is 2.67. The summed E-state index contributed by atoms with van der Waals surface area (Å²) in [6.07, 6.45) is 1.14. The first-order valence-corrected chi connectivity index (χ1v) is 9.07. The van der Waals surface area contributed by atoms with Gasteiger partial charge in [-0.25, -0.2) is 0 Å². The second-order valence-electron chi connectivity index (χ2n) is 7.19. The van der Waals surface area contributed by atoms with Gasteiger partial charge in [-0.15, -0.1) is 0 Å². The monoisotopic (exact) mass is 356 g/mol. The number of Topliss-reactive ketones (excluding diaryl/α,β-unsaturated/α-hetero) is 1. The van der Waals surface area contributed by atoms with Gasteiger partial charge in [0.15, 0.2) is 5.78 Å². The summed E-state index contributed by atoms with van der Waals surface area (Å²) in [6, 6.07) is 20.2. The fraction of sp³-hybridized carbons (Fsp3) is 0.217. The fourth-order valence-corrected chi connectivity index (χ4v) is 3.93. The number of rotatable bonds is 2. The number of hydrogen-bond donors (Lipinski definition) is 1. The second-order valence-corrected chi connectivity index (χ2v) is 7.19. The third-order valence-electron chi connectivity index (χ3n) is 5.22. The molecule has 0 radical (unpaired) electrons. The van der Waals surface area contributed by atoms with Gasteiger partial charge in [0.1, 0.15) is 17.4 Å². The van der Waals surface area contributed by atoms with Gasteiger partial charge in [0, 0.05) is 18.4 Å². The highest BCUT2D eigenvalue weighted by Crippen LogP contribution is 2.44. The van der Waals surface area contributed by atoms with Crippen LogP contribution in [-0.2, 0) is 9.53 Å². The Balaban J connectivity index is 1.78. The molecule has 4 rings (SSSR count). The van der Waals surface area contributed by atoms with Crippen LogP contribution in [-0.4, -0.2) is 5.78 Å². The van der Waals surface area contributed by atoms with E-state index in [1.807, 2.05) is 49.4 Å². The van der Waals surface area contributed by atoms with Crippen LogP contribution in [0.1, 0.15) is 31.2 Å². The maximum absolute atomic E-state index is 12.8. The average molecular weight is 356 g/mol. The number of benzene rings is 2. The molecule has 27 heavy (non-hydrogen) atoms. The molecule has 0 amide bonds. The number of allylic oxidation sites excluding steroid dienone is 3. The van der Waals surface area contributed by atoms with Crippen molar-refractivity contribution in [2.45, 2.75) is 25.7 Å². The normalized spacial score (nSPS) is 22.1. The molecule has 2 aliphatic rings. The number of ether oxygens (including phenoxy) is 1. The van der Waals surface area contributed by atoms with Crippen LogP contribution in [0.2, 0.25) is 0 Å². The maximum Gasteiger partial charge on any atom is 0.205 e. The van der Waals surface area contributed by atoms with E-state index in [1.54, 1.807) is 0 Å². The van der Waals surface area contributed by atoms with Crippen LogP contribution < -0.4 is 5.73 Å². The third-order valence-corrected chi connectivity index (χ3v) is 5.22. The minimum atomic E-state index is -0.455. The van der Waals surface area contributed by atoms with Crippen molar-refractivity contribution in [3.05, 3.63) is 82.9 Å². The van der Waals surface area contributed by atoms with Gasteiger partial charge >= 0.3 is 0 Å². The van der Waals surface area contributed by atoms with Gasteiger partial charge in [-0.2, -0.15) is 5.26 Å². The lowest BCUT2D eigenvalue weighted by Gasteiger charge is -2.33. The van der Waals surface area contributed by atoms with Crippen molar-refractivity contribution in [1.29, 1.82) is 5.26 Å². The van der Waals surface area contributed by atoms with Crippen LogP contribution in [0.3, 0.4) is 0 Å². The first kappa shape index (κ1) is 17.1. The molecule has 2 aromatic carbocycles. The van der Waals surface area contributed by atoms with Crippen LogP contribution in [0, 0.1) is 17.2 Å². The number of carbonyl (C=O) groups excluding carboxylic acids is 1. The molecule has 4 nitrogen and oxygen atoms in total. The van der Waals surface area contributed by atoms with E-state index < -0.39 is 5.92 Å². The third kappa shape index (κ3) is 3.02. The molecule has 1 aliphatic carbocycles. The van der Waals surface area contributed by atoms with Crippen molar-refractivity contribution in [2.75, 3.05) is 0 Å². The standard InChI is InChI=1S/C23H20N2O2/c1-14-11-19(26)22-20(12-14)27-23(25)18(13-24)21(22)17-9-7-16(8-10-17)15-5-3-2-4-6-15/h2-10,14,21H,11-12,25H2,1H3/t14-,21+/m1/s1. The first-order valence-electron chi connectivity index (χ1n) is 9.07. The van der Waals surface area contributed by atoms with E-state index in [2.05, 4.69) is 18.2 Å². The van der Waals surface area contributed by atoms with Gasteiger partial charge in [0.25, 0.3) is 0 Å². The summed E-state index contributed by atoms with van der Waals surface area (Å²) in [7, 11) is 0. The van der Waals surface area contributed by atoms with E-state index in [9.17, 15) is 10.1 Å². The Morgan fingerprint density at radius 1 is 1.04 bits per heavy atom. The number of hydrogen-bond acceptors (Lipinski definition) is 4. The molecule has 2 atom stereocenters. The topological polar surface area (TPSA) is 76.1 Å². The van der Waals surface area contributed by atoms with Gasteiger partial charge in [0.05, 0.1) is 5.92 Å². The summed E-state index contributed by atoms with van der Waals surface area (Å²) in [5, 5.41) is 9.65. The summed E-state index contributed by atoms with van der Waals surface area (Å²) in [5.41, 5.74) is 10.0. The molecule has 0 spiro atoms. The lowest BCUT2D eigenvalue weighted by molar-refractivity contribution is -0.117. The van der Waals surface area contributed by atoms with E-state index in [0.29, 0.717) is 29.7 Å². The van der Waals surface area contributed by atoms with E-state index in [4.69, 9.17) is 10.5 Å². The van der Waals surface area contributed by atoms with Crippen LogP contribution in [0.15, 0.2) is 77.4 Å². The Labute approximate surface area is 158 Å². The van der Waals surface area contributed by atoms with Crippen LogP contribution in [0.5, 0.6) is 0 Å². The van der Waals surface area contributed by atoms with E-state index in [0.717, 1.165) is 16.7 Å². The van der Waals surface area contributed by atoms with Crippen LogP contribution in [0.4, 0.5) is 0 Å². The van der Waals surface area contributed by atoms with Crippen molar-refractivity contribution in [1.82, 2.24) is 0 Å². The number of nitriles is 1. The Bertz CT molecular complexity index is 995. The summed E-state index contributed by atoms with van der Waals surface area (Å²) < 4.78 is 5.67. The molecule has 1 heterocycles. The summed E-state index contributed by atoms with van der Waals surface area (Å²) >= 11 is 0. The van der Waals surface area contributed by atoms with Crippen molar-refractivity contribution in [3.8, 4) is 17.2 Å². The lowest BCUT2D eigenvalue weighted by atomic mass is 9.75. The molecule has 2 aromatic rings. The molecule has 0 aromatic heterocycles. The summed E-state index contributed by atoms with van der Waals surface area (Å²) in [6.45, 7) is 2.02. The van der Waals surface area contributed by atoms with E-state index in [1.165, 1.54) is 0 Å². The van der Waals surface area contributed by atoms with Crippen molar-refractivity contribution in [2.24, 2.45) is 11.7 Å². The number of ketones is 1. The van der Waals surface area contributed by atoms with E-state index in [-0.39, 0.29) is 17.6 Å². The minimum absolute atomic E-state index is 0.0427. The molecule has 0 bridgehead atoms. The zero-order valence-corrected chi connectivity index (χ0v) is 15.1. The predicted octanol–water partition coefficient (Wildman–Crippen LogP) is 4.41. The highest BCUT2D eigenvalue weighted by Gasteiger charge is 2.39. The zero-order valence-electron chi connectivity index (χ0n) is 15.1. The number of nitrogens with zero attached hydrogens (tertiary/aromatic N) is 1. The molecular weight excluding hydrogens is 336 g/mol. The molecule has 0 fully saturated rings. The largest absolute Gasteiger partial charge is 0.444 e. The quantitative estimate of drug-likeness (QED) is 0.864. The van der Waals surface area contributed by atoms with Gasteiger partial charge in [0.2, 0.25) is 5.88 Å². The molecule has 1 aliphatic heterocycles. The van der Waals surface area contributed by atoms with Crippen molar-refractivity contribution in [3.63, 3.8) is 0 Å². The maximum atomic E-state index is 12.8. The lowest BCUT2D eigenvalue weighted by Crippen LogP contribution is -2.29. The molecular formula is C23H20N2O2. The van der Waals surface area contributed by atoms with Gasteiger partial charge in [-0.05, 0) is 22.6 Å². The van der Waals surface area contributed by atoms with Crippen molar-refractivity contribution < 1.29 is 9.53 Å². The summed E-state index contributed by atoms with van der Waals surface area (Å²) in [4.78, 5) is 12.8. The van der Waals surface area contributed by atoms with E-state index >= 15 is 0 Å². The van der Waals surface area contributed by atoms with Gasteiger partial charge in [-0.3, -0.25) is 4.79 Å². The van der Waals surface area contributed by atoms with Crippen LogP contribution >= 0.6 is 0 Å². The Kier molecular flexibility index (Phi) is 4.29. The number of carbonyl (C=O) groups is 1. The molecule has 0 unspecified atom stereocenters. The Morgan fingerprint density at radius 2 is 1.70 bits per heavy atom. The highest BCUT2D eigenvalue weighted by atomic mass is 16.5. The Hall–Kier alpha value is -3.32. The minimum Gasteiger partial charge on any atom is -0.444 e. The molecule has 0 saturated heterocycles. The summed E-state index contributed by atoms with van der Waals surface area (Å²) in [5.74, 6) is 0.529. The predicted molar refractivity (Wildman–Crippen MR) is 103 cm³/mol. The fourth-order valence-electron chi connectivity index (χ4n) is 3.93. The highest BCUT2D eigenvalue weighted by molar-refractivity contribution is 5.99. The van der Waals surface area contributed by atoms with Crippen LogP contribution in [0.25, 0.3) is 11.1 Å². The molecule has 0 saturated carbocycles.